The number of imidazole rings is 1. The molecule has 5 heteroatoms. The number of hydrogen-bond donors (Lipinski definition) is 0. The Bertz CT molecular complexity index is 849. The first-order valence-corrected chi connectivity index (χ1v) is 7.28. The summed E-state index contributed by atoms with van der Waals surface area (Å²) in [6, 6.07) is 8.16. The van der Waals surface area contributed by atoms with Crippen LogP contribution in [-0.2, 0) is 0 Å². The summed E-state index contributed by atoms with van der Waals surface area (Å²) in [6.45, 7) is 6.24. The summed E-state index contributed by atoms with van der Waals surface area (Å²) in [4.78, 5) is 8.48. The fourth-order valence-corrected chi connectivity index (χ4v) is 2.61. The van der Waals surface area contributed by atoms with E-state index in [4.69, 9.17) is 4.98 Å². The minimum atomic E-state index is 0.894. The molecule has 106 valence electrons. The van der Waals surface area contributed by atoms with E-state index in [-0.39, 0.29) is 0 Å². The van der Waals surface area contributed by atoms with Gasteiger partial charge in [-0.25, -0.2) is 4.98 Å². The Morgan fingerprint density at radius 2 is 1.81 bits per heavy atom. The van der Waals surface area contributed by atoms with E-state index in [2.05, 4.69) is 69.1 Å². The standard InChI is InChI=1S/C16H17N4P/c1-10-4-7-16-17-15(9-20(16)8-10)13-5-6-14(18-19-21)12(3)11(13)2/h4-9H,21H2,1-3H3/b19-18+. The van der Waals surface area contributed by atoms with Crippen molar-refractivity contribution in [1.82, 2.24) is 9.38 Å². The number of aryl methyl sites for hydroxylation is 1. The first-order valence-electron chi connectivity index (χ1n) is 6.77. The second-order valence-corrected chi connectivity index (χ2v) is 5.43. The number of hydrogen-bond acceptors (Lipinski definition) is 3. The maximum absolute atomic E-state index is 4.71. The Kier molecular flexibility index (Phi) is 3.56. The van der Waals surface area contributed by atoms with Crippen molar-refractivity contribution in [2.24, 2.45) is 10.00 Å². The van der Waals surface area contributed by atoms with Crippen LogP contribution in [0.5, 0.6) is 0 Å². The molecule has 0 saturated carbocycles. The van der Waals surface area contributed by atoms with E-state index in [9.17, 15) is 0 Å². The van der Waals surface area contributed by atoms with Gasteiger partial charge in [0.25, 0.3) is 0 Å². The monoisotopic (exact) mass is 296 g/mol. The summed E-state index contributed by atoms with van der Waals surface area (Å²) >= 11 is 0. The average molecular weight is 296 g/mol. The highest BCUT2D eigenvalue weighted by atomic mass is 31.0. The zero-order chi connectivity index (χ0) is 15.0. The average Bonchev–Trinajstić information content (AvgIpc) is 2.87. The van der Waals surface area contributed by atoms with Gasteiger partial charge < -0.3 is 4.40 Å². The molecule has 0 aliphatic carbocycles. The van der Waals surface area contributed by atoms with E-state index in [0.29, 0.717) is 0 Å². The van der Waals surface area contributed by atoms with Gasteiger partial charge in [0.05, 0.1) is 11.4 Å². The van der Waals surface area contributed by atoms with Crippen molar-refractivity contribution in [3.63, 3.8) is 0 Å². The summed E-state index contributed by atoms with van der Waals surface area (Å²) in [6.07, 6.45) is 4.16. The highest BCUT2D eigenvalue weighted by Gasteiger charge is 2.11. The second kappa shape index (κ2) is 5.38. The molecule has 0 spiro atoms. The van der Waals surface area contributed by atoms with Crippen LogP contribution < -0.4 is 0 Å². The van der Waals surface area contributed by atoms with Crippen LogP contribution in [-0.4, -0.2) is 9.38 Å². The minimum Gasteiger partial charge on any atom is -0.306 e. The van der Waals surface area contributed by atoms with Gasteiger partial charge in [-0.05, 0) is 49.6 Å². The molecule has 1 unspecified atom stereocenters. The Labute approximate surface area is 126 Å². The molecule has 0 fully saturated rings. The molecule has 0 aliphatic heterocycles. The number of nitrogens with zero attached hydrogens (tertiary/aromatic N) is 4. The number of pyridine rings is 1. The van der Waals surface area contributed by atoms with Crippen LogP contribution in [0.1, 0.15) is 16.7 Å². The van der Waals surface area contributed by atoms with Crippen LogP contribution in [0.25, 0.3) is 16.9 Å². The van der Waals surface area contributed by atoms with Gasteiger partial charge in [-0.2, -0.15) is 10.00 Å². The molecule has 1 atom stereocenters. The maximum Gasteiger partial charge on any atom is 0.137 e. The normalized spacial score (nSPS) is 11.6. The largest absolute Gasteiger partial charge is 0.306 e. The SMILES string of the molecule is Cc1ccc2nc(-c3ccc(/N=N/P)c(C)c3C)cn2c1. The fourth-order valence-electron chi connectivity index (χ4n) is 2.49. The Hall–Kier alpha value is -2.06. The van der Waals surface area contributed by atoms with E-state index in [1.165, 1.54) is 11.1 Å². The molecule has 0 aliphatic rings. The third-order valence-electron chi connectivity index (χ3n) is 3.80. The molecular weight excluding hydrogens is 279 g/mol. The lowest BCUT2D eigenvalue weighted by molar-refractivity contribution is 1.16. The molecule has 0 amide bonds. The highest BCUT2D eigenvalue weighted by Crippen LogP contribution is 2.31. The third kappa shape index (κ3) is 2.47. The lowest BCUT2D eigenvalue weighted by Gasteiger charge is -2.08. The van der Waals surface area contributed by atoms with Crippen molar-refractivity contribution in [3.8, 4) is 11.3 Å². The fraction of sp³-hybridized carbons (Fsp3) is 0.188. The van der Waals surface area contributed by atoms with Crippen molar-refractivity contribution in [2.45, 2.75) is 20.8 Å². The first-order chi connectivity index (χ1) is 10.1. The van der Waals surface area contributed by atoms with Crippen molar-refractivity contribution in [2.75, 3.05) is 0 Å². The van der Waals surface area contributed by atoms with Gasteiger partial charge in [-0.1, -0.05) is 12.1 Å². The van der Waals surface area contributed by atoms with Crippen LogP contribution in [0, 0.1) is 20.8 Å². The van der Waals surface area contributed by atoms with E-state index in [1.807, 2.05) is 12.1 Å². The molecule has 0 bridgehead atoms. The molecule has 3 rings (SSSR count). The molecule has 21 heavy (non-hydrogen) atoms. The number of fused-ring (bicyclic) bond motifs is 1. The van der Waals surface area contributed by atoms with Crippen LogP contribution in [0.4, 0.5) is 5.69 Å². The predicted octanol–water partition coefficient (Wildman–Crippen LogP) is 4.80. The van der Waals surface area contributed by atoms with E-state index in [0.717, 1.165) is 28.2 Å². The summed E-state index contributed by atoms with van der Waals surface area (Å²) in [5, 5.41) is 4.12. The van der Waals surface area contributed by atoms with Crippen LogP contribution in [0.2, 0.25) is 0 Å². The summed E-state index contributed by atoms with van der Waals surface area (Å²) in [5.41, 5.74) is 7.51. The van der Waals surface area contributed by atoms with Crippen LogP contribution in [0.15, 0.2) is 46.7 Å². The quantitative estimate of drug-likeness (QED) is 0.494. The van der Waals surface area contributed by atoms with Crippen molar-refractivity contribution in [1.29, 1.82) is 0 Å². The van der Waals surface area contributed by atoms with Gasteiger partial charge in [-0.15, -0.1) is 0 Å². The number of aromatic nitrogens is 2. The zero-order valence-electron chi connectivity index (χ0n) is 12.3. The minimum absolute atomic E-state index is 0.894. The number of rotatable bonds is 2. The van der Waals surface area contributed by atoms with Gasteiger partial charge in [0.1, 0.15) is 5.65 Å². The topological polar surface area (TPSA) is 42.0 Å². The summed E-state index contributed by atoms with van der Waals surface area (Å²) in [5.74, 6) is 0. The van der Waals surface area contributed by atoms with Gasteiger partial charge in [0.15, 0.2) is 0 Å². The van der Waals surface area contributed by atoms with Gasteiger partial charge in [-0.3, -0.25) is 0 Å². The van der Waals surface area contributed by atoms with Crippen LogP contribution >= 0.6 is 9.39 Å². The highest BCUT2D eigenvalue weighted by molar-refractivity contribution is 7.14. The van der Waals surface area contributed by atoms with Gasteiger partial charge >= 0.3 is 0 Å². The van der Waals surface area contributed by atoms with Gasteiger partial charge in [0, 0.05) is 27.3 Å². The molecule has 2 heterocycles. The molecule has 3 aromatic rings. The molecule has 0 N–H and O–H groups in total. The first kappa shape index (κ1) is 13.9. The molecule has 4 nitrogen and oxygen atoms in total. The Morgan fingerprint density at radius 1 is 1.00 bits per heavy atom. The molecule has 0 saturated heterocycles. The summed E-state index contributed by atoms with van der Waals surface area (Å²) in [7, 11) is 2.26. The molecule has 1 aromatic carbocycles. The van der Waals surface area contributed by atoms with Crippen molar-refractivity contribution >= 4 is 20.7 Å². The predicted molar refractivity (Wildman–Crippen MR) is 89.1 cm³/mol. The second-order valence-electron chi connectivity index (χ2n) is 5.20. The van der Waals surface area contributed by atoms with Crippen LogP contribution in [0.3, 0.4) is 0 Å². The Balaban J connectivity index is 2.16. The van der Waals surface area contributed by atoms with Gasteiger partial charge in [0.2, 0.25) is 0 Å². The van der Waals surface area contributed by atoms with E-state index >= 15 is 0 Å². The smallest absolute Gasteiger partial charge is 0.137 e. The van der Waals surface area contributed by atoms with Crippen molar-refractivity contribution in [3.05, 3.63) is 53.3 Å². The van der Waals surface area contributed by atoms with Crippen molar-refractivity contribution < 1.29 is 0 Å². The molecule has 0 radical (unpaired) electrons. The third-order valence-corrected chi connectivity index (χ3v) is 3.91. The molecular formula is C16H17N4P. The number of benzene rings is 1. The summed E-state index contributed by atoms with van der Waals surface area (Å²) < 4.78 is 2.07. The lowest BCUT2D eigenvalue weighted by Crippen LogP contribution is -1.88. The molecule has 2 aromatic heterocycles. The van der Waals surface area contributed by atoms with E-state index < -0.39 is 0 Å². The maximum atomic E-state index is 4.71. The lowest BCUT2D eigenvalue weighted by atomic mass is 10.00. The zero-order valence-corrected chi connectivity index (χ0v) is 13.5. The Morgan fingerprint density at radius 3 is 2.57 bits per heavy atom. The van der Waals surface area contributed by atoms with E-state index in [1.54, 1.807) is 0 Å².